The molecule has 1 amide bonds. The molecule has 112 valence electrons. The molecule has 0 bridgehead atoms. The molecule has 21 heavy (non-hydrogen) atoms. The van der Waals surface area contributed by atoms with Gasteiger partial charge in [-0.1, -0.05) is 6.07 Å². The topological polar surface area (TPSA) is 91.4 Å². The van der Waals surface area contributed by atoms with Gasteiger partial charge in [-0.05, 0) is 37.1 Å². The van der Waals surface area contributed by atoms with Crippen molar-refractivity contribution in [3.05, 3.63) is 35.0 Å². The van der Waals surface area contributed by atoms with E-state index in [1.807, 2.05) is 26.0 Å². The zero-order valence-electron chi connectivity index (χ0n) is 12.2. The molecule has 2 rings (SSSR count). The largest absolute Gasteiger partial charge is 0.480 e. The van der Waals surface area contributed by atoms with Crippen LogP contribution in [-0.4, -0.2) is 41.7 Å². The lowest BCUT2D eigenvalue weighted by molar-refractivity contribution is -0.140. The van der Waals surface area contributed by atoms with Crippen LogP contribution >= 0.6 is 0 Å². The van der Waals surface area contributed by atoms with Crippen molar-refractivity contribution in [3.8, 4) is 0 Å². The number of H-pyrrole nitrogens is 1. The molecule has 0 radical (unpaired) electrons. The summed E-state index contributed by atoms with van der Waals surface area (Å²) in [6.45, 7) is 3.90. The van der Waals surface area contributed by atoms with Gasteiger partial charge in [-0.2, -0.15) is 0 Å². The lowest BCUT2D eigenvalue weighted by Gasteiger charge is -2.12. The van der Waals surface area contributed by atoms with E-state index in [9.17, 15) is 9.59 Å². The van der Waals surface area contributed by atoms with Crippen molar-refractivity contribution >= 4 is 22.8 Å². The quantitative estimate of drug-likeness (QED) is 0.780. The van der Waals surface area contributed by atoms with Gasteiger partial charge in [0.05, 0.1) is 6.61 Å². The van der Waals surface area contributed by atoms with E-state index in [4.69, 9.17) is 9.84 Å². The van der Waals surface area contributed by atoms with Crippen molar-refractivity contribution in [2.24, 2.45) is 0 Å². The Hall–Kier alpha value is -2.34. The molecule has 1 atom stereocenters. The van der Waals surface area contributed by atoms with Crippen LogP contribution in [-0.2, 0) is 9.53 Å². The van der Waals surface area contributed by atoms with Crippen LogP contribution < -0.4 is 5.32 Å². The molecule has 0 aliphatic carbocycles. The number of aromatic amines is 1. The van der Waals surface area contributed by atoms with E-state index in [1.54, 1.807) is 6.07 Å². The van der Waals surface area contributed by atoms with Crippen LogP contribution in [0, 0.1) is 13.8 Å². The van der Waals surface area contributed by atoms with Crippen LogP contribution in [0.1, 0.15) is 21.6 Å². The van der Waals surface area contributed by atoms with Crippen molar-refractivity contribution in [1.82, 2.24) is 10.3 Å². The number of hydrogen-bond donors (Lipinski definition) is 3. The molecule has 0 saturated heterocycles. The number of carboxylic acid groups (broad SMARTS) is 1. The van der Waals surface area contributed by atoms with Gasteiger partial charge in [0.2, 0.25) is 0 Å². The second-order valence-electron chi connectivity index (χ2n) is 4.97. The van der Waals surface area contributed by atoms with E-state index < -0.39 is 17.9 Å². The van der Waals surface area contributed by atoms with Crippen LogP contribution in [0.3, 0.4) is 0 Å². The first kappa shape index (κ1) is 15.1. The number of amides is 1. The van der Waals surface area contributed by atoms with Crippen LogP contribution in [0.5, 0.6) is 0 Å². The number of methoxy groups -OCH3 is 1. The predicted molar refractivity (Wildman–Crippen MR) is 78.5 cm³/mol. The fourth-order valence-electron chi connectivity index (χ4n) is 2.16. The molecule has 3 N–H and O–H groups in total. The number of carbonyl (C=O) groups is 2. The SMILES string of the molecule is COCC(NC(=O)c1cc2c(C)c(C)ccc2[nH]1)C(=O)O. The minimum absolute atomic E-state index is 0.0839. The van der Waals surface area contributed by atoms with Crippen molar-refractivity contribution in [3.63, 3.8) is 0 Å². The van der Waals surface area contributed by atoms with E-state index >= 15 is 0 Å². The van der Waals surface area contributed by atoms with E-state index in [-0.39, 0.29) is 6.61 Å². The van der Waals surface area contributed by atoms with Crippen LogP contribution in [0.4, 0.5) is 0 Å². The van der Waals surface area contributed by atoms with Gasteiger partial charge in [0.15, 0.2) is 6.04 Å². The monoisotopic (exact) mass is 290 g/mol. The first-order chi connectivity index (χ1) is 9.93. The number of benzene rings is 1. The van der Waals surface area contributed by atoms with Crippen molar-refractivity contribution in [2.45, 2.75) is 19.9 Å². The number of carboxylic acids is 1. The van der Waals surface area contributed by atoms with Gasteiger partial charge >= 0.3 is 5.97 Å². The molecule has 1 heterocycles. The smallest absolute Gasteiger partial charge is 0.328 e. The number of hydrogen-bond acceptors (Lipinski definition) is 3. The summed E-state index contributed by atoms with van der Waals surface area (Å²) in [6, 6.07) is 4.54. The Kier molecular flexibility index (Phi) is 4.28. The highest BCUT2D eigenvalue weighted by molar-refractivity contribution is 6.00. The molecule has 1 aromatic heterocycles. The molecule has 0 saturated carbocycles. The third kappa shape index (κ3) is 3.05. The van der Waals surface area contributed by atoms with Crippen molar-refractivity contribution in [1.29, 1.82) is 0 Å². The number of carbonyl (C=O) groups excluding carboxylic acids is 1. The lowest BCUT2D eigenvalue weighted by atomic mass is 10.1. The lowest BCUT2D eigenvalue weighted by Crippen LogP contribution is -2.43. The second-order valence-corrected chi connectivity index (χ2v) is 4.97. The summed E-state index contributed by atoms with van der Waals surface area (Å²) >= 11 is 0. The number of aryl methyl sites for hydroxylation is 2. The average Bonchev–Trinajstić information content (AvgIpc) is 2.87. The standard InChI is InChI=1S/C15H18N2O4/c1-8-4-5-11-10(9(8)2)6-12(16-11)14(18)17-13(7-21-3)15(19)20/h4-6,13,16H,7H2,1-3H3,(H,17,18)(H,19,20). The summed E-state index contributed by atoms with van der Waals surface area (Å²) in [5.74, 6) is -1.60. The Balaban J connectivity index is 2.27. The Bertz CT molecular complexity index is 690. The average molecular weight is 290 g/mol. The van der Waals surface area contributed by atoms with Gasteiger partial charge in [-0.25, -0.2) is 4.79 Å². The summed E-state index contributed by atoms with van der Waals surface area (Å²) in [5, 5.41) is 12.4. The normalized spacial score (nSPS) is 12.3. The number of ether oxygens (including phenoxy) is 1. The van der Waals surface area contributed by atoms with Crippen molar-refractivity contribution < 1.29 is 19.4 Å². The zero-order valence-corrected chi connectivity index (χ0v) is 12.2. The first-order valence-corrected chi connectivity index (χ1v) is 6.55. The Labute approximate surface area is 122 Å². The summed E-state index contributed by atoms with van der Waals surface area (Å²) in [4.78, 5) is 26.2. The molecule has 2 aromatic rings. The third-order valence-corrected chi connectivity index (χ3v) is 3.53. The van der Waals surface area contributed by atoms with Crippen LogP contribution in [0.25, 0.3) is 10.9 Å². The maximum Gasteiger partial charge on any atom is 0.328 e. The first-order valence-electron chi connectivity index (χ1n) is 6.55. The fraction of sp³-hybridized carbons (Fsp3) is 0.333. The molecule has 1 unspecified atom stereocenters. The van der Waals surface area contributed by atoms with Crippen LogP contribution in [0.15, 0.2) is 18.2 Å². The number of fused-ring (bicyclic) bond motifs is 1. The minimum Gasteiger partial charge on any atom is -0.480 e. The molecular formula is C15H18N2O4. The molecule has 0 aliphatic rings. The Morgan fingerprint density at radius 2 is 2.10 bits per heavy atom. The van der Waals surface area contributed by atoms with Gasteiger partial charge in [0, 0.05) is 18.0 Å². The van der Waals surface area contributed by atoms with Crippen molar-refractivity contribution in [2.75, 3.05) is 13.7 Å². The number of aliphatic carboxylic acids is 1. The molecule has 0 fully saturated rings. The number of nitrogens with one attached hydrogen (secondary N) is 2. The van der Waals surface area contributed by atoms with Crippen LogP contribution in [0.2, 0.25) is 0 Å². The van der Waals surface area contributed by atoms with E-state index in [1.165, 1.54) is 7.11 Å². The Morgan fingerprint density at radius 1 is 1.38 bits per heavy atom. The van der Waals surface area contributed by atoms with E-state index in [2.05, 4.69) is 10.3 Å². The summed E-state index contributed by atoms with van der Waals surface area (Å²) < 4.78 is 4.79. The number of rotatable bonds is 5. The highest BCUT2D eigenvalue weighted by Crippen LogP contribution is 2.22. The van der Waals surface area contributed by atoms with Gasteiger partial charge in [-0.3, -0.25) is 4.79 Å². The fourth-order valence-corrected chi connectivity index (χ4v) is 2.16. The molecule has 6 heteroatoms. The molecule has 0 aliphatic heterocycles. The third-order valence-electron chi connectivity index (χ3n) is 3.53. The van der Waals surface area contributed by atoms with E-state index in [0.717, 1.165) is 22.0 Å². The highest BCUT2D eigenvalue weighted by Gasteiger charge is 2.21. The maximum absolute atomic E-state index is 12.1. The van der Waals surface area contributed by atoms with Gasteiger partial charge in [0.1, 0.15) is 5.69 Å². The molecular weight excluding hydrogens is 272 g/mol. The minimum atomic E-state index is -1.13. The number of aromatic nitrogens is 1. The summed E-state index contributed by atoms with van der Waals surface area (Å²) in [5.41, 5.74) is 3.41. The highest BCUT2D eigenvalue weighted by atomic mass is 16.5. The van der Waals surface area contributed by atoms with Gasteiger partial charge in [-0.15, -0.1) is 0 Å². The molecule has 6 nitrogen and oxygen atoms in total. The zero-order chi connectivity index (χ0) is 15.6. The second kappa shape index (κ2) is 5.97. The molecule has 0 spiro atoms. The van der Waals surface area contributed by atoms with Gasteiger partial charge in [0.25, 0.3) is 5.91 Å². The predicted octanol–water partition coefficient (Wildman–Crippen LogP) is 1.61. The maximum atomic E-state index is 12.1. The Morgan fingerprint density at radius 3 is 2.71 bits per heavy atom. The summed E-state index contributed by atoms with van der Waals surface area (Å²) in [7, 11) is 1.39. The molecule has 1 aromatic carbocycles. The van der Waals surface area contributed by atoms with Gasteiger partial charge < -0.3 is 20.1 Å². The van der Waals surface area contributed by atoms with E-state index in [0.29, 0.717) is 5.69 Å². The summed E-state index contributed by atoms with van der Waals surface area (Å²) in [6.07, 6.45) is 0.